The van der Waals surface area contributed by atoms with E-state index in [0.29, 0.717) is 28.0 Å². The zero-order valence-electron chi connectivity index (χ0n) is 17.6. The molecule has 3 aromatic rings. The zero-order valence-corrected chi connectivity index (χ0v) is 18.4. The van der Waals surface area contributed by atoms with Crippen molar-refractivity contribution in [3.8, 4) is 5.69 Å². The van der Waals surface area contributed by atoms with Gasteiger partial charge < -0.3 is 5.32 Å². The van der Waals surface area contributed by atoms with Crippen molar-refractivity contribution < 1.29 is 4.79 Å². The van der Waals surface area contributed by atoms with Crippen molar-refractivity contribution in [2.45, 2.75) is 62.4 Å². The lowest BCUT2D eigenvalue weighted by atomic mass is 9.98. The van der Waals surface area contributed by atoms with Crippen LogP contribution in [0.5, 0.6) is 0 Å². The molecule has 156 valence electrons. The lowest BCUT2D eigenvalue weighted by Crippen LogP contribution is -2.33. The number of amides is 1. The third-order valence-electron chi connectivity index (χ3n) is 5.65. The number of carbonyl (C=O) groups excluding carboxylic acids is 1. The molecule has 0 radical (unpaired) electrons. The molecule has 2 aromatic carbocycles. The smallest absolute Gasteiger partial charge is 0.266 e. The highest BCUT2D eigenvalue weighted by Crippen LogP contribution is 2.27. The summed E-state index contributed by atoms with van der Waals surface area (Å²) in [6.45, 7) is 6.22. The van der Waals surface area contributed by atoms with Crippen LogP contribution < -0.4 is 10.9 Å². The van der Waals surface area contributed by atoms with Crippen molar-refractivity contribution >= 4 is 28.6 Å². The van der Waals surface area contributed by atoms with Crippen molar-refractivity contribution in [1.82, 2.24) is 14.9 Å². The van der Waals surface area contributed by atoms with Gasteiger partial charge in [-0.15, -0.1) is 0 Å². The molecule has 1 aliphatic carbocycles. The SMILES string of the molecule is CC[C@@H](C)c1ccc(-n2c(S[C@H](C)C(=O)NC3CC3)nc3ccccc3c2=O)cc1. The molecule has 30 heavy (non-hydrogen) atoms. The van der Waals surface area contributed by atoms with Crippen molar-refractivity contribution in [2.24, 2.45) is 0 Å². The molecule has 0 bridgehead atoms. The van der Waals surface area contributed by atoms with Crippen LogP contribution in [-0.4, -0.2) is 26.8 Å². The van der Waals surface area contributed by atoms with E-state index in [9.17, 15) is 9.59 Å². The summed E-state index contributed by atoms with van der Waals surface area (Å²) in [5.41, 5.74) is 2.54. The Morgan fingerprint density at radius 1 is 1.17 bits per heavy atom. The van der Waals surface area contributed by atoms with Gasteiger partial charge in [-0.1, -0.05) is 49.9 Å². The van der Waals surface area contributed by atoms with Crippen LogP contribution in [0.1, 0.15) is 51.5 Å². The quantitative estimate of drug-likeness (QED) is 0.445. The van der Waals surface area contributed by atoms with Gasteiger partial charge in [0.05, 0.1) is 21.8 Å². The average Bonchev–Trinajstić information content (AvgIpc) is 3.57. The van der Waals surface area contributed by atoms with E-state index >= 15 is 0 Å². The first-order valence-corrected chi connectivity index (χ1v) is 11.4. The summed E-state index contributed by atoms with van der Waals surface area (Å²) in [6.07, 6.45) is 3.15. The first-order valence-electron chi connectivity index (χ1n) is 10.6. The highest BCUT2D eigenvalue weighted by molar-refractivity contribution is 8.00. The number of hydrogen-bond acceptors (Lipinski definition) is 4. The van der Waals surface area contributed by atoms with Gasteiger partial charge in [-0.25, -0.2) is 4.98 Å². The van der Waals surface area contributed by atoms with E-state index in [1.54, 1.807) is 10.6 Å². The highest BCUT2D eigenvalue weighted by atomic mass is 32.2. The fraction of sp³-hybridized carbons (Fsp3) is 0.375. The van der Waals surface area contributed by atoms with Gasteiger partial charge in [-0.05, 0) is 61.9 Å². The van der Waals surface area contributed by atoms with Crippen molar-refractivity contribution in [1.29, 1.82) is 0 Å². The summed E-state index contributed by atoms with van der Waals surface area (Å²) in [6, 6.07) is 15.7. The second-order valence-electron chi connectivity index (χ2n) is 8.00. The molecular weight excluding hydrogens is 394 g/mol. The van der Waals surface area contributed by atoms with Gasteiger partial charge in [-0.3, -0.25) is 14.2 Å². The normalized spacial score (nSPS) is 15.7. The molecular formula is C24H27N3O2S. The zero-order chi connectivity index (χ0) is 21.3. The molecule has 5 nitrogen and oxygen atoms in total. The minimum atomic E-state index is -0.343. The Morgan fingerprint density at radius 3 is 2.53 bits per heavy atom. The third kappa shape index (κ3) is 4.29. The molecule has 1 aromatic heterocycles. The fourth-order valence-corrected chi connectivity index (χ4v) is 4.30. The van der Waals surface area contributed by atoms with Gasteiger partial charge >= 0.3 is 0 Å². The number of fused-ring (bicyclic) bond motifs is 1. The number of hydrogen-bond donors (Lipinski definition) is 1. The molecule has 1 saturated carbocycles. The van der Waals surface area contributed by atoms with Gasteiger partial charge in [0, 0.05) is 6.04 Å². The Bertz CT molecular complexity index is 1120. The number of thioether (sulfide) groups is 1. The maximum absolute atomic E-state index is 13.4. The molecule has 1 amide bonds. The van der Waals surface area contributed by atoms with E-state index in [-0.39, 0.29) is 16.7 Å². The largest absolute Gasteiger partial charge is 0.352 e. The lowest BCUT2D eigenvalue weighted by molar-refractivity contribution is -0.120. The Morgan fingerprint density at radius 2 is 1.87 bits per heavy atom. The molecule has 1 fully saturated rings. The van der Waals surface area contributed by atoms with Crippen LogP contribution in [0.3, 0.4) is 0 Å². The number of carbonyl (C=O) groups is 1. The standard InChI is InChI=1S/C24H27N3O2S/c1-4-15(2)17-9-13-19(14-10-17)27-23(29)20-7-5-6-8-21(20)26-24(27)30-16(3)22(28)25-18-11-12-18/h5-10,13-16,18H,4,11-12H2,1-3H3,(H,25,28)/t15-,16-/m1/s1. The molecule has 4 rings (SSSR count). The summed E-state index contributed by atoms with van der Waals surface area (Å²) in [7, 11) is 0. The lowest BCUT2D eigenvalue weighted by Gasteiger charge is -2.17. The number of para-hydroxylation sites is 1. The number of benzene rings is 2. The first kappa shape index (κ1) is 20.7. The van der Waals surface area contributed by atoms with Crippen LogP contribution >= 0.6 is 11.8 Å². The van der Waals surface area contributed by atoms with E-state index < -0.39 is 0 Å². The predicted octanol–water partition coefficient (Wildman–Crippen LogP) is 4.66. The Kier molecular flexibility index (Phi) is 5.95. The fourth-order valence-electron chi connectivity index (χ4n) is 3.36. The molecule has 0 spiro atoms. The summed E-state index contributed by atoms with van der Waals surface area (Å²) < 4.78 is 1.63. The molecule has 0 aliphatic heterocycles. The van der Waals surface area contributed by atoms with Crippen LogP contribution in [0.4, 0.5) is 0 Å². The predicted molar refractivity (Wildman–Crippen MR) is 123 cm³/mol. The molecule has 1 N–H and O–H groups in total. The average molecular weight is 422 g/mol. The first-order chi connectivity index (χ1) is 14.5. The van der Waals surface area contributed by atoms with E-state index in [2.05, 4.69) is 31.3 Å². The molecule has 1 heterocycles. The maximum atomic E-state index is 13.4. The summed E-state index contributed by atoms with van der Waals surface area (Å²) >= 11 is 1.33. The summed E-state index contributed by atoms with van der Waals surface area (Å²) in [5.74, 6) is 0.453. The van der Waals surface area contributed by atoms with Crippen LogP contribution in [0.25, 0.3) is 16.6 Å². The number of nitrogens with one attached hydrogen (secondary N) is 1. The van der Waals surface area contributed by atoms with Crippen molar-refractivity contribution in [3.05, 3.63) is 64.4 Å². The van der Waals surface area contributed by atoms with E-state index in [0.717, 1.165) is 24.9 Å². The monoisotopic (exact) mass is 421 g/mol. The Hall–Kier alpha value is -2.60. The van der Waals surface area contributed by atoms with Gasteiger partial charge in [0.1, 0.15) is 0 Å². The minimum absolute atomic E-state index is 0.0106. The van der Waals surface area contributed by atoms with Crippen molar-refractivity contribution in [3.63, 3.8) is 0 Å². The molecule has 0 unspecified atom stereocenters. The maximum Gasteiger partial charge on any atom is 0.266 e. The van der Waals surface area contributed by atoms with Crippen LogP contribution in [0.15, 0.2) is 58.5 Å². The van der Waals surface area contributed by atoms with E-state index in [4.69, 9.17) is 4.98 Å². The number of rotatable bonds is 7. The Labute approximate surface area is 180 Å². The molecule has 1 aliphatic rings. The molecule has 2 atom stereocenters. The Balaban J connectivity index is 1.76. The van der Waals surface area contributed by atoms with Gasteiger partial charge in [-0.2, -0.15) is 0 Å². The summed E-state index contributed by atoms with van der Waals surface area (Å²) in [5, 5.41) is 3.80. The third-order valence-corrected chi connectivity index (χ3v) is 6.71. The van der Waals surface area contributed by atoms with Gasteiger partial charge in [0.25, 0.3) is 5.56 Å². The second kappa shape index (κ2) is 8.64. The summed E-state index contributed by atoms with van der Waals surface area (Å²) in [4.78, 5) is 30.6. The van der Waals surface area contributed by atoms with E-state index in [1.807, 2.05) is 37.3 Å². The van der Waals surface area contributed by atoms with Crippen LogP contribution in [-0.2, 0) is 4.79 Å². The van der Waals surface area contributed by atoms with Gasteiger partial charge in [0.2, 0.25) is 5.91 Å². The topological polar surface area (TPSA) is 64.0 Å². The molecule has 6 heteroatoms. The van der Waals surface area contributed by atoms with Crippen LogP contribution in [0.2, 0.25) is 0 Å². The van der Waals surface area contributed by atoms with Gasteiger partial charge in [0.15, 0.2) is 5.16 Å². The van der Waals surface area contributed by atoms with Crippen LogP contribution in [0, 0.1) is 0 Å². The minimum Gasteiger partial charge on any atom is -0.352 e. The molecule has 0 saturated heterocycles. The highest BCUT2D eigenvalue weighted by Gasteiger charge is 2.27. The number of aromatic nitrogens is 2. The number of nitrogens with zero attached hydrogens (tertiary/aromatic N) is 2. The van der Waals surface area contributed by atoms with E-state index in [1.165, 1.54) is 17.3 Å². The van der Waals surface area contributed by atoms with Crippen molar-refractivity contribution in [2.75, 3.05) is 0 Å². The second-order valence-corrected chi connectivity index (χ2v) is 9.30.